The molecule has 0 spiro atoms. The van der Waals surface area contributed by atoms with E-state index in [0.29, 0.717) is 0 Å². The predicted octanol–water partition coefficient (Wildman–Crippen LogP) is 3.98. The Bertz CT molecular complexity index is 887. The van der Waals surface area contributed by atoms with E-state index in [1.807, 2.05) is 31.2 Å². The molecule has 0 N–H and O–H groups in total. The Morgan fingerprint density at radius 2 is 1.67 bits per heavy atom. The Morgan fingerprint density at radius 3 is 2.29 bits per heavy atom. The quantitative estimate of drug-likeness (QED) is 0.775. The van der Waals surface area contributed by atoms with E-state index in [4.69, 9.17) is 0 Å². The van der Waals surface area contributed by atoms with Crippen molar-refractivity contribution in [2.45, 2.75) is 24.3 Å². The molecule has 24 heavy (non-hydrogen) atoms. The minimum Gasteiger partial charge on any atom is -0.295 e. The van der Waals surface area contributed by atoms with E-state index >= 15 is 0 Å². The highest BCUT2D eigenvalue weighted by atomic mass is 79.9. The summed E-state index contributed by atoms with van der Waals surface area (Å²) in [5.41, 5.74) is 1.77. The molecule has 6 heteroatoms. The summed E-state index contributed by atoms with van der Waals surface area (Å²) in [6.07, 6.45) is 2.82. The monoisotopic (exact) mass is 405 g/mol. The van der Waals surface area contributed by atoms with Gasteiger partial charge in [-0.2, -0.15) is 0 Å². The van der Waals surface area contributed by atoms with E-state index < -0.39 is 16.1 Å². The summed E-state index contributed by atoms with van der Waals surface area (Å²) < 4.78 is 28.2. The van der Waals surface area contributed by atoms with Gasteiger partial charge in [0.2, 0.25) is 0 Å². The van der Waals surface area contributed by atoms with Crippen LogP contribution in [0.25, 0.3) is 0 Å². The van der Waals surface area contributed by atoms with Crippen LogP contribution in [0.3, 0.4) is 0 Å². The molecule has 1 heterocycles. The van der Waals surface area contributed by atoms with E-state index in [9.17, 15) is 13.2 Å². The number of sulfonamides is 1. The molecule has 4 nitrogen and oxygen atoms in total. The number of carbonyl (C=O) groups is 1. The van der Waals surface area contributed by atoms with Crippen LogP contribution in [0.1, 0.15) is 23.6 Å². The second kappa shape index (κ2) is 6.53. The van der Waals surface area contributed by atoms with Crippen LogP contribution < -0.4 is 0 Å². The Hall–Kier alpha value is -1.92. The van der Waals surface area contributed by atoms with Gasteiger partial charge in [0.05, 0.1) is 10.9 Å². The molecule has 124 valence electrons. The average Bonchev–Trinajstić information content (AvgIpc) is 2.55. The van der Waals surface area contributed by atoms with Crippen molar-refractivity contribution in [3.63, 3.8) is 0 Å². The number of rotatable bonds is 3. The van der Waals surface area contributed by atoms with Crippen LogP contribution in [0.2, 0.25) is 0 Å². The van der Waals surface area contributed by atoms with Crippen molar-refractivity contribution in [2.24, 2.45) is 0 Å². The van der Waals surface area contributed by atoms with Crippen molar-refractivity contribution in [2.75, 3.05) is 0 Å². The summed E-state index contributed by atoms with van der Waals surface area (Å²) in [6.45, 7) is 1.90. The lowest BCUT2D eigenvalue weighted by Gasteiger charge is -2.32. The third-order valence-corrected chi connectivity index (χ3v) is 6.29. The topological polar surface area (TPSA) is 54.5 Å². The SMILES string of the molecule is Cc1ccc(S(=O)(=O)N2C=CC(=O)CC2c2ccc(Br)cc2)cc1. The molecule has 0 radical (unpaired) electrons. The van der Waals surface area contributed by atoms with Crippen molar-refractivity contribution in [3.8, 4) is 0 Å². The smallest absolute Gasteiger partial charge is 0.264 e. The summed E-state index contributed by atoms with van der Waals surface area (Å²) in [5.74, 6) is -0.0849. The molecular formula is C18H16BrNO3S. The molecule has 1 aliphatic heterocycles. The number of benzene rings is 2. The van der Waals surface area contributed by atoms with E-state index in [-0.39, 0.29) is 17.1 Å². The minimum absolute atomic E-state index is 0.0849. The van der Waals surface area contributed by atoms with Crippen LogP contribution in [0, 0.1) is 6.92 Å². The van der Waals surface area contributed by atoms with E-state index in [1.54, 1.807) is 24.3 Å². The Kier molecular flexibility index (Phi) is 4.60. The normalized spacial score (nSPS) is 18.0. The summed E-state index contributed by atoms with van der Waals surface area (Å²) in [5, 5.41) is 0. The number of hydrogen-bond acceptors (Lipinski definition) is 3. The first-order chi connectivity index (χ1) is 11.4. The molecule has 0 amide bonds. The number of nitrogens with zero attached hydrogens (tertiary/aromatic N) is 1. The van der Waals surface area contributed by atoms with E-state index in [2.05, 4.69) is 15.9 Å². The summed E-state index contributed by atoms with van der Waals surface area (Å²) in [7, 11) is -3.73. The Balaban J connectivity index is 2.05. The first-order valence-corrected chi connectivity index (χ1v) is 9.68. The summed E-state index contributed by atoms with van der Waals surface area (Å²) >= 11 is 3.37. The van der Waals surface area contributed by atoms with Crippen molar-refractivity contribution in [1.29, 1.82) is 0 Å². The highest BCUT2D eigenvalue weighted by Gasteiger charge is 2.33. The van der Waals surface area contributed by atoms with Crippen LogP contribution >= 0.6 is 15.9 Å². The zero-order valence-corrected chi connectivity index (χ0v) is 15.4. The molecule has 0 saturated carbocycles. The first kappa shape index (κ1) is 16.9. The van der Waals surface area contributed by atoms with Gasteiger partial charge in [-0.3, -0.25) is 9.10 Å². The lowest BCUT2D eigenvalue weighted by atomic mass is 9.99. The zero-order chi connectivity index (χ0) is 17.3. The number of carbonyl (C=O) groups excluding carboxylic acids is 1. The molecule has 0 saturated heterocycles. The maximum atomic E-state index is 13.0. The maximum Gasteiger partial charge on any atom is 0.264 e. The summed E-state index contributed by atoms with van der Waals surface area (Å²) in [4.78, 5) is 12.1. The molecule has 1 atom stereocenters. The van der Waals surface area contributed by atoms with Gasteiger partial charge in [-0.25, -0.2) is 8.42 Å². The molecular weight excluding hydrogens is 390 g/mol. The first-order valence-electron chi connectivity index (χ1n) is 7.44. The third kappa shape index (κ3) is 3.30. The van der Waals surface area contributed by atoms with Gasteiger partial charge >= 0.3 is 0 Å². The molecule has 0 fully saturated rings. The van der Waals surface area contributed by atoms with Gasteiger partial charge in [-0.05, 0) is 42.8 Å². The van der Waals surface area contributed by atoms with E-state index in [1.165, 1.54) is 16.6 Å². The Morgan fingerprint density at radius 1 is 1.04 bits per heavy atom. The van der Waals surface area contributed by atoms with Gasteiger partial charge in [-0.1, -0.05) is 45.8 Å². The summed E-state index contributed by atoms with van der Waals surface area (Å²) in [6, 6.07) is 13.5. The van der Waals surface area contributed by atoms with Gasteiger partial charge in [0, 0.05) is 17.1 Å². The highest BCUT2D eigenvalue weighted by molar-refractivity contribution is 9.10. The number of hydrogen-bond donors (Lipinski definition) is 0. The number of halogens is 1. The molecule has 3 rings (SSSR count). The van der Waals surface area contributed by atoms with Crippen LogP contribution in [0.4, 0.5) is 0 Å². The van der Waals surface area contributed by atoms with E-state index in [0.717, 1.165) is 15.6 Å². The number of ketones is 1. The lowest BCUT2D eigenvalue weighted by Crippen LogP contribution is -2.34. The molecule has 0 aromatic heterocycles. The minimum atomic E-state index is -3.73. The fraction of sp³-hybridized carbons (Fsp3) is 0.167. The molecule has 0 aliphatic carbocycles. The molecule has 0 bridgehead atoms. The standard InChI is InChI=1S/C18H16BrNO3S/c1-13-2-8-17(9-3-13)24(22,23)20-11-10-16(21)12-18(20)14-4-6-15(19)7-5-14/h2-11,18H,12H2,1H3. The Labute approximate surface area is 150 Å². The van der Waals surface area contributed by atoms with Crippen LogP contribution in [-0.2, 0) is 14.8 Å². The molecule has 2 aromatic carbocycles. The van der Waals surface area contributed by atoms with Crippen LogP contribution in [0.15, 0.2) is 70.2 Å². The van der Waals surface area contributed by atoms with Crippen LogP contribution in [0.5, 0.6) is 0 Å². The second-order valence-electron chi connectivity index (χ2n) is 5.70. The van der Waals surface area contributed by atoms with Gasteiger partial charge < -0.3 is 0 Å². The van der Waals surface area contributed by atoms with Crippen molar-refractivity contribution < 1.29 is 13.2 Å². The zero-order valence-electron chi connectivity index (χ0n) is 13.0. The second-order valence-corrected chi connectivity index (χ2v) is 8.46. The van der Waals surface area contributed by atoms with Gasteiger partial charge in [-0.15, -0.1) is 0 Å². The number of allylic oxidation sites excluding steroid dienone is 1. The molecule has 2 aromatic rings. The largest absolute Gasteiger partial charge is 0.295 e. The van der Waals surface area contributed by atoms with Crippen molar-refractivity contribution >= 4 is 31.7 Å². The number of aryl methyl sites for hydroxylation is 1. The predicted molar refractivity (Wildman–Crippen MR) is 95.9 cm³/mol. The molecule has 1 aliphatic rings. The van der Waals surface area contributed by atoms with Crippen molar-refractivity contribution in [3.05, 3.63) is 76.4 Å². The maximum absolute atomic E-state index is 13.0. The average molecular weight is 406 g/mol. The van der Waals surface area contributed by atoms with Gasteiger partial charge in [0.15, 0.2) is 5.78 Å². The fourth-order valence-electron chi connectivity index (χ4n) is 2.64. The van der Waals surface area contributed by atoms with Gasteiger partial charge in [0.1, 0.15) is 0 Å². The molecule has 1 unspecified atom stereocenters. The van der Waals surface area contributed by atoms with Gasteiger partial charge in [0.25, 0.3) is 10.0 Å². The highest BCUT2D eigenvalue weighted by Crippen LogP contribution is 2.34. The lowest BCUT2D eigenvalue weighted by molar-refractivity contribution is -0.115. The third-order valence-electron chi connectivity index (χ3n) is 3.96. The fourth-order valence-corrected chi connectivity index (χ4v) is 4.38. The van der Waals surface area contributed by atoms with Crippen LogP contribution in [-0.4, -0.2) is 18.5 Å². The van der Waals surface area contributed by atoms with Crippen molar-refractivity contribution in [1.82, 2.24) is 4.31 Å².